The van der Waals surface area contributed by atoms with Crippen LogP contribution in [-0.2, 0) is 6.54 Å². The van der Waals surface area contributed by atoms with Gasteiger partial charge in [-0.2, -0.15) is 0 Å². The van der Waals surface area contributed by atoms with E-state index in [1.807, 2.05) is 0 Å². The molecule has 0 aliphatic heterocycles. The van der Waals surface area contributed by atoms with Gasteiger partial charge in [-0.25, -0.2) is 4.39 Å². The summed E-state index contributed by atoms with van der Waals surface area (Å²) in [6, 6.07) is 8.32. The van der Waals surface area contributed by atoms with Crippen LogP contribution in [0.25, 0.3) is 10.9 Å². The van der Waals surface area contributed by atoms with Crippen LogP contribution in [0.1, 0.15) is 5.56 Å². The highest BCUT2D eigenvalue weighted by atomic mass is 19.1. The minimum absolute atomic E-state index is 0.0777. The van der Waals surface area contributed by atoms with Crippen LogP contribution < -0.4 is 5.56 Å². The Morgan fingerprint density at radius 3 is 2.82 bits per heavy atom. The van der Waals surface area contributed by atoms with E-state index in [1.165, 1.54) is 29.1 Å². The van der Waals surface area contributed by atoms with E-state index in [2.05, 4.69) is 4.98 Å². The normalized spacial score (nSPS) is 10.8. The lowest BCUT2D eigenvalue weighted by Crippen LogP contribution is -2.19. The minimum Gasteiger partial charge on any atom is -0.304 e. The quantitative estimate of drug-likeness (QED) is 0.550. The molecule has 0 atom stereocenters. The molecule has 0 unspecified atom stereocenters. The number of hydrogen-bond acceptors (Lipinski definition) is 4. The highest BCUT2D eigenvalue weighted by Crippen LogP contribution is 2.20. The van der Waals surface area contributed by atoms with E-state index < -0.39 is 10.7 Å². The molecule has 2 aromatic heterocycles. The summed E-state index contributed by atoms with van der Waals surface area (Å²) < 4.78 is 15.0. The number of nitro groups is 1. The fourth-order valence-electron chi connectivity index (χ4n) is 2.26. The number of pyridine rings is 2. The second kappa shape index (κ2) is 5.36. The molecule has 0 aliphatic rings. The lowest BCUT2D eigenvalue weighted by atomic mass is 10.1. The molecule has 110 valence electrons. The first-order chi connectivity index (χ1) is 10.6. The van der Waals surface area contributed by atoms with Crippen molar-refractivity contribution in [2.75, 3.05) is 0 Å². The van der Waals surface area contributed by atoms with Crippen molar-refractivity contribution in [3.8, 4) is 0 Å². The van der Waals surface area contributed by atoms with E-state index >= 15 is 0 Å². The lowest BCUT2D eigenvalue weighted by Gasteiger charge is -2.08. The van der Waals surface area contributed by atoms with E-state index in [-0.39, 0.29) is 17.8 Å². The third-order valence-corrected chi connectivity index (χ3v) is 3.32. The first-order valence-corrected chi connectivity index (χ1v) is 6.43. The van der Waals surface area contributed by atoms with E-state index in [1.54, 1.807) is 12.1 Å². The number of rotatable bonds is 3. The summed E-state index contributed by atoms with van der Waals surface area (Å²) in [6.07, 6.45) is 2.70. The van der Waals surface area contributed by atoms with Crippen molar-refractivity contribution in [3.05, 3.63) is 80.6 Å². The average molecular weight is 299 g/mol. The van der Waals surface area contributed by atoms with Gasteiger partial charge in [-0.15, -0.1) is 0 Å². The molecule has 1 aromatic carbocycles. The first-order valence-electron chi connectivity index (χ1n) is 6.43. The van der Waals surface area contributed by atoms with E-state index in [4.69, 9.17) is 0 Å². The number of nitrogens with zero attached hydrogens (tertiary/aromatic N) is 3. The Labute approximate surface area is 123 Å². The number of aromatic nitrogens is 2. The molecule has 6 nitrogen and oxygen atoms in total. The first kappa shape index (κ1) is 13.9. The predicted molar refractivity (Wildman–Crippen MR) is 78.2 cm³/mol. The molecule has 0 aliphatic carbocycles. The van der Waals surface area contributed by atoms with Crippen molar-refractivity contribution in [2.24, 2.45) is 0 Å². The molecule has 0 bridgehead atoms. The van der Waals surface area contributed by atoms with Gasteiger partial charge in [0.1, 0.15) is 5.82 Å². The Morgan fingerprint density at radius 2 is 2.05 bits per heavy atom. The molecule has 0 amide bonds. The summed E-state index contributed by atoms with van der Waals surface area (Å²) in [5.74, 6) is -0.404. The van der Waals surface area contributed by atoms with E-state index in [0.29, 0.717) is 16.5 Å². The maximum Gasteiger partial charge on any atom is 0.285 e. The van der Waals surface area contributed by atoms with Crippen LogP contribution in [0.2, 0.25) is 0 Å². The molecule has 22 heavy (non-hydrogen) atoms. The standard InChI is InChI=1S/C15H10FN3O3/c16-13-5-3-10(15-12(13)2-1-7-17-15)8-18-9-11(19(21)22)4-6-14(18)20/h1-7,9H,8H2. The molecule has 0 radical (unpaired) electrons. The van der Waals surface area contributed by atoms with Gasteiger partial charge in [0.25, 0.3) is 11.2 Å². The Bertz CT molecular complexity index is 937. The molecule has 0 saturated carbocycles. The highest BCUT2D eigenvalue weighted by Gasteiger charge is 2.11. The molecular weight excluding hydrogens is 289 g/mol. The summed E-state index contributed by atoms with van der Waals surface area (Å²) in [7, 11) is 0. The lowest BCUT2D eigenvalue weighted by molar-refractivity contribution is -0.385. The largest absolute Gasteiger partial charge is 0.304 e. The molecule has 0 spiro atoms. The second-order valence-corrected chi connectivity index (χ2v) is 4.72. The highest BCUT2D eigenvalue weighted by molar-refractivity contribution is 5.82. The van der Waals surface area contributed by atoms with Crippen LogP contribution in [0, 0.1) is 15.9 Å². The Balaban J connectivity index is 2.11. The van der Waals surface area contributed by atoms with Crippen LogP contribution >= 0.6 is 0 Å². The summed E-state index contributed by atoms with van der Waals surface area (Å²) in [5, 5.41) is 11.1. The van der Waals surface area contributed by atoms with Crippen LogP contribution in [-0.4, -0.2) is 14.5 Å². The zero-order chi connectivity index (χ0) is 15.7. The van der Waals surface area contributed by atoms with Gasteiger partial charge in [-0.1, -0.05) is 6.07 Å². The number of halogens is 1. The molecule has 3 aromatic rings. The van der Waals surface area contributed by atoms with E-state index in [0.717, 1.165) is 12.1 Å². The third kappa shape index (κ3) is 2.44. The molecule has 0 saturated heterocycles. The topological polar surface area (TPSA) is 78.0 Å². The average Bonchev–Trinajstić information content (AvgIpc) is 2.52. The Morgan fingerprint density at radius 1 is 1.23 bits per heavy atom. The maximum absolute atomic E-state index is 13.8. The van der Waals surface area contributed by atoms with Gasteiger partial charge in [0.2, 0.25) is 0 Å². The predicted octanol–water partition coefficient (Wildman–Crippen LogP) is 2.49. The SMILES string of the molecule is O=c1ccc([N+](=O)[O-])cn1Cc1ccc(F)c2cccnc12. The van der Waals surface area contributed by atoms with Crippen LogP contribution in [0.3, 0.4) is 0 Å². The van der Waals surface area contributed by atoms with Crippen molar-refractivity contribution in [1.29, 1.82) is 0 Å². The van der Waals surface area contributed by atoms with Crippen molar-refractivity contribution >= 4 is 16.6 Å². The smallest absolute Gasteiger partial charge is 0.285 e. The van der Waals surface area contributed by atoms with Crippen LogP contribution in [0.4, 0.5) is 10.1 Å². The van der Waals surface area contributed by atoms with Crippen molar-refractivity contribution < 1.29 is 9.31 Å². The number of benzene rings is 1. The molecule has 0 N–H and O–H groups in total. The van der Waals surface area contributed by atoms with Crippen LogP contribution in [0.15, 0.2) is 53.6 Å². The third-order valence-electron chi connectivity index (χ3n) is 3.32. The molecular formula is C15H10FN3O3. The molecule has 2 heterocycles. The zero-order valence-corrected chi connectivity index (χ0v) is 11.3. The molecule has 0 fully saturated rings. The summed E-state index contributed by atoms with van der Waals surface area (Å²) >= 11 is 0. The van der Waals surface area contributed by atoms with Gasteiger partial charge in [0, 0.05) is 23.7 Å². The molecule has 3 rings (SSSR count). The Hall–Kier alpha value is -3.09. The van der Waals surface area contributed by atoms with Crippen molar-refractivity contribution in [3.63, 3.8) is 0 Å². The second-order valence-electron chi connectivity index (χ2n) is 4.72. The minimum atomic E-state index is -0.572. The van der Waals surface area contributed by atoms with Crippen molar-refractivity contribution in [1.82, 2.24) is 9.55 Å². The summed E-state index contributed by atoms with van der Waals surface area (Å²) in [5.41, 5.74) is 0.485. The fourth-order valence-corrected chi connectivity index (χ4v) is 2.26. The molecule has 7 heteroatoms. The monoisotopic (exact) mass is 299 g/mol. The van der Waals surface area contributed by atoms with Gasteiger partial charge in [0.05, 0.1) is 23.2 Å². The number of hydrogen-bond donors (Lipinski definition) is 0. The van der Waals surface area contributed by atoms with Gasteiger partial charge < -0.3 is 4.57 Å². The van der Waals surface area contributed by atoms with E-state index in [9.17, 15) is 19.3 Å². The Kier molecular flexibility index (Phi) is 3.38. The fraction of sp³-hybridized carbons (Fsp3) is 0.0667. The van der Waals surface area contributed by atoms with Gasteiger partial charge in [-0.3, -0.25) is 19.9 Å². The van der Waals surface area contributed by atoms with Crippen LogP contribution in [0.5, 0.6) is 0 Å². The zero-order valence-electron chi connectivity index (χ0n) is 11.3. The van der Waals surface area contributed by atoms with Gasteiger partial charge in [-0.05, 0) is 23.8 Å². The summed E-state index contributed by atoms with van der Waals surface area (Å²) in [6.45, 7) is 0.0777. The van der Waals surface area contributed by atoms with Crippen molar-refractivity contribution in [2.45, 2.75) is 6.54 Å². The van der Waals surface area contributed by atoms with Gasteiger partial charge in [0.15, 0.2) is 0 Å². The maximum atomic E-state index is 13.8. The number of fused-ring (bicyclic) bond motifs is 1. The summed E-state index contributed by atoms with van der Waals surface area (Å²) in [4.78, 5) is 26.2. The van der Waals surface area contributed by atoms with Gasteiger partial charge >= 0.3 is 0 Å².